The van der Waals surface area contributed by atoms with Crippen molar-refractivity contribution in [3.8, 4) is 0 Å². The minimum absolute atomic E-state index is 0.0165. The van der Waals surface area contributed by atoms with Crippen LogP contribution in [-0.2, 0) is 24.4 Å². The van der Waals surface area contributed by atoms with E-state index < -0.39 is 33.3 Å². The molecule has 2 amide bonds. The normalized spacial score (nSPS) is 21.8. The summed E-state index contributed by atoms with van der Waals surface area (Å²) in [6, 6.07) is 3.24. The van der Waals surface area contributed by atoms with Crippen LogP contribution in [0.4, 0.5) is 0 Å². The number of nitrogens with one attached hydrogen (secondary N) is 1. The van der Waals surface area contributed by atoms with Crippen molar-refractivity contribution in [3.63, 3.8) is 0 Å². The summed E-state index contributed by atoms with van der Waals surface area (Å²) >= 11 is 0. The maximum atomic E-state index is 13.4. The van der Waals surface area contributed by atoms with Crippen LogP contribution in [0.5, 0.6) is 0 Å². The van der Waals surface area contributed by atoms with Crippen molar-refractivity contribution in [2.24, 2.45) is 11.1 Å². The van der Waals surface area contributed by atoms with Crippen LogP contribution in [0.3, 0.4) is 0 Å². The number of pyridine rings is 1. The first-order valence-electron chi connectivity index (χ1n) is 10.6. The fourth-order valence-corrected chi connectivity index (χ4v) is 5.87. The molecule has 1 aliphatic carbocycles. The molecule has 2 aliphatic rings. The number of Topliss-reactive ketones (excluding diaryl/α,β-unsaturated/α-hetero) is 1. The second-order valence-corrected chi connectivity index (χ2v) is 9.98. The second-order valence-electron chi connectivity index (χ2n) is 8.22. The lowest BCUT2D eigenvalue weighted by Gasteiger charge is -2.35. The molecule has 31 heavy (non-hydrogen) atoms. The molecule has 169 valence electrons. The van der Waals surface area contributed by atoms with Crippen LogP contribution in [0, 0.1) is 11.8 Å². The molecule has 1 atom stereocenters. The zero-order chi connectivity index (χ0) is 22.5. The maximum absolute atomic E-state index is 13.4. The number of primary amides is 1. The molecular weight excluding hydrogens is 420 g/mol. The number of carbonyl (C=O) groups is 3. The van der Waals surface area contributed by atoms with Gasteiger partial charge < -0.3 is 11.1 Å². The summed E-state index contributed by atoms with van der Waals surface area (Å²) in [6.45, 7) is 0.541. The highest BCUT2D eigenvalue weighted by atomic mass is 32.2. The van der Waals surface area contributed by atoms with Crippen LogP contribution in [0.15, 0.2) is 29.4 Å². The smallest absolute Gasteiger partial charge is 0.284 e. The Morgan fingerprint density at radius 2 is 1.97 bits per heavy atom. The van der Waals surface area contributed by atoms with Crippen LogP contribution in [0.25, 0.3) is 0 Å². The molecule has 9 nitrogen and oxygen atoms in total. The van der Waals surface area contributed by atoms with Gasteiger partial charge in [-0.1, -0.05) is 25.3 Å². The molecule has 1 aliphatic heterocycles. The average Bonchev–Trinajstić information content (AvgIpc) is 2.98. The highest BCUT2D eigenvalue weighted by molar-refractivity contribution is 7.89. The Balaban J connectivity index is 1.91. The summed E-state index contributed by atoms with van der Waals surface area (Å²) in [4.78, 5) is 42.0. The van der Waals surface area contributed by atoms with Crippen molar-refractivity contribution in [2.45, 2.75) is 62.4 Å². The standard InChI is InChI=1S/C21H29N4O5S/c22-20(28)21(10-3-1-4-11-21)12-9-19(27)25(16-7-6-13-23-15-17(16)26)31(29,30)18-8-2-5-14-24-18/h2,5,8-9,14,16,23H,1,3-4,6-7,10-13,15H2,(H2,22,28)/t16-/m0/s1. The van der Waals surface area contributed by atoms with Crippen molar-refractivity contribution in [1.29, 1.82) is 0 Å². The van der Waals surface area contributed by atoms with Crippen molar-refractivity contribution in [1.82, 2.24) is 14.6 Å². The molecule has 0 aromatic carbocycles. The predicted octanol–water partition coefficient (Wildman–Crippen LogP) is 0.950. The zero-order valence-corrected chi connectivity index (χ0v) is 18.3. The molecule has 3 N–H and O–H groups in total. The van der Waals surface area contributed by atoms with E-state index >= 15 is 0 Å². The lowest BCUT2D eigenvalue weighted by Crippen LogP contribution is -2.50. The molecule has 0 spiro atoms. The summed E-state index contributed by atoms with van der Waals surface area (Å²) in [7, 11) is -4.37. The second kappa shape index (κ2) is 9.86. The van der Waals surface area contributed by atoms with E-state index in [2.05, 4.69) is 10.3 Å². The number of nitrogens with zero attached hydrogens (tertiary/aromatic N) is 2. The summed E-state index contributed by atoms with van der Waals surface area (Å²) in [5.74, 6) is -1.68. The van der Waals surface area contributed by atoms with E-state index in [1.165, 1.54) is 24.8 Å². The van der Waals surface area contributed by atoms with Gasteiger partial charge in [0.2, 0.25) is 11.8 Å². The van der Waals surface area contributed by atoms with Crippen LogP contribution >= 0.6 is 0 Å². The molecule has 1 saturated heterocycles. The van der Waals surface area contributed by atoms with E-state index in [1.807, 2.05) is 0 Å². The number of hydrogen-bond acceptors (Lipinski definition) is 7. The highest BCUT2D eigenvalue weighted by Gasteiger charge is 2.43. The molecular formula is C21H29N4O5S. The molecule has 1 saturated carbocycles. The number of carbonyl (C=O) groups excluding carboxylic acids is 3. The number of rotatable bonds is 7. The van der Waals surface area contributed by atoms with Crippen LogP contribution < -0.4 is 11.1 Å². The molecule has 2 fully saturated rings. The molecule has 0 bridgehead atoms. The van der Waals surface area contributed by atoms with Gasteiger partial charge in [-0.05, 0) is 50.8 Å². The van der Waals surface area contributed by atoms with Crippen molar-refractivity contribution in [3.05, 3.63) is 30.8 Å². The Morgan fingerprint density at radius 3 is 2.61 bits per heavy atom. The number of aromatic nitrogens is 1. The van der Waals surface area contributed by atoms with Crippen LogP contribution in [0.1, 0.15) is 51.4 Å². The first kappa shape index (κ1) is 23.3. The number of nitrogens with two attached hydrogens (primary N) is 1. The molecule has 10 heteroatoms. The van der Waals surface area contributed by atoms with Gasteiger partial charge >= 0.3 is 0 Å². The molecule has 0 unspecified atom stereocenters. The topological polar surface area (TPSA) is 140 Å². The number of ketones is 1. The quantitative estimate of drug-likeness (QED) is 0.631. The minimum atomic E-state index is -4.37. The summed E-state index contributed by atoms with van der Waals surface area (Å²) in [5.41, 5.74) is 4.79. The van der Waals surface area contributed by atoms with Gasteiger partial charge in [-0.3, -0.25) is 14.4 Å². The van der Waals surface area contributed by atoms with E-state index in [1.54, 1.807) is 6.07 Å². The number of amides is 2. The van der Waals surface area contributed by atoms with Gasteiger partial charge in [0.25, 0.3) is 10.0 Å². The first-order valence-corrected chi connectivity index (χ1v) is 12.1. The van der Waals surface area contributed by atoms with E-state index in [0.29, 0.717) is 30.1 Å². The Morgan fingerprint density at radius 1 is 1.23 bits per heavy atom. The molecule has 1 aromatic rings. The SMILES string of the molecule is NC(=O)C1(C[CH]C(=O)N([C@H]2CCCNCC2=O)S(=O)(=O)c2ccccn2)CCCCC1. The van der Waals surface area contributed by atoms with Crippen LogP contribution in [0.2, 0.25) is 0 Å². The minimum Gasteiger partial charge on any atom is -0.369 e. The third-order valence-corrected chi connectivity index (χ3v) is 7.89. The Bertz CT molecular complexity index is 913. The zero-order valence-electron chi connectivity index (χ0n) is 17.5. The van der Waals surface area contributed by atoms with Crippen molar-refractivity contribution >= 4 is 27.6 Å². The molecule has 1 radical (unpaired) electrons. The Labute approximate surface area is 182 Å². The Hall–Kier alpha value is -2.33. The average molecular weight is 450 g/mol. The van der Waals surface area contributed by atoms with Gasteiger partial charge in [-0.15, -0.1) is 0 Å². The summed E-state index contributed by atoms with van der Waals surface area (Å²) in [6.07, 6.45) is 7.11. The predicted molar refractivity (Wildman–Crippen MR) is 113 cm³/mol. The van der Waals surface area contributed by atoms with Gasteiger partial charge in [-0.25, -0.2) is 9.29 Å². The van der Waals surface area contributed by atoms with Crippen molar-refractivity contribution in [2.75, 3.05) is 13.1 Å². The summed E-state index contributed by atoms with van der Waals surface area (Å²) < 4.78 is 27.4. The monoisotopic (exact) mass is 449 g/mol. The van der Waals surface area contributed by atoms with E-state index in [-0.39, 0.29) is 30.2 Å². The van der Waals surface area contributed by atoms with Gasteiger partial charge in [0.15, 0.2) is 10.8 Å². The fraction of sp³-hybridized carbons (Fsp3) is 0.571. The van der Waals surface area contributed by atoms with Gasteiger partial charge in [0, 0.05) is 11.6 Å². The lowest BCUT2D eigenvalue weighted by atomic mass is 9.70. The van der Waals surface area contributed by atoms with E-state index in [9.17, 15) is 22.8 Å². The molecule has 1 aromatic heterocycles. The van der Waals surface area contributed by atoms with Gasteiger partial charge in [0.05, 0.1) is 13.0 Å². The maximum Gasteiger partial charge on any atom is 0.284 e. The highest BCUT2D eigenvalue weighted by Crippen LogP contribution is 2.40. The van der Waals surface area contributed by atoms with E-state index in [4.69, 9.17) is 5.73 Å². The summed E-state index contributed by atoms with van der Waals surface area (Å²) in [5, 5.41) is 2.65. The van der Waals surface area contributed by atoms with Gasteiger partial charge in [0.1, 0.15) is 6.04 Å². The molecule has 2 heterocycles. The number of sulfonamides is 1. The molecule has 3 rings (SSSR count). The van der Waals surface area contributed by atoms with Crippen molar-refractivity contribution < 1.29 is 22.8 Å². The Kier molecular flexibility index (Phi) is 7.42. The lowest BCUT2D eigenvalue weighted by molar-refractivity contribution is -0.133. The largest absolute Gasteiger partial charge is 0.369 e. The first-order chi connectivity index (χ1) is 14.8. The third kappa shape index (κ3) is 5.12. The van der Waals surface area contributed by atoms with Crippen LogP contribution in [-0.4, -0.2) is 54.4 Å². The third-order valence-electron chi connectivity index (χ3n) is 6.16. The van der Waals surface area contributed by atoms with Gasteiger partial charge in [-0.2, -0.15) is 8.42 Å². The fourth-order valence-electron chi connectivity index (χ4n) is 4.35. The van der Waals surface area contributed by atoms with E-state index in [0.717, 1.165) is 19.3 Å². The number of hydrogen-bond donors (Lipinski definition) is 2.